The second-order valence-corrected chi connectivity index (χ2v) is 4.22. The first-order valence-corrected chi connectivity index (χ1v) is 5.63. The SMILES string of the molecule is N=CCCSCc1csc(N)n1. The standard InChI is InChI=1S/C7H11N3S2/c8-2-1-3-11-4-6-5-12-7(9)10-6/h2,5,8H,1,3-4H2,(H2,9,10). The van der Waals surface area contributed by atoms with E-state index in [-0.39, 0.29) is 0 Å². The van der Waals surface area contributed by atoms with Gasteiger partial charge in [0, 0.05) is 11.1 Å². The van der Waals surface area contributed by atoms with Gasteiger partial charge >= 0.3 is 0 Å². The van der Waals surface area contributed by atoms with Crippen LogP contribution in [-0.4, -0.2) is 17.0 Å². The Morgan fingerprint density at radius 1 is 1.75 bits per heavy atom. The number of nitrogen functional groups attached to an aromatic ring is 1. The lowest BCUT2D eigenvalue weighted by Gasteiger charge is -1.93. The Kier molecular flexibility index (Phi) is 4.10. The average Bonchev–Trinajstić information content (AvgIpc) is 2.45. The van der Waals surface area contributed by atoms with Crippen LogP contribution in [0.2, 0.25) is 0 Å². The van der Waals surface area contributed by atoms with Gasteiger partial charge in [0.1, 0.15) is 0 Å². The fourth-order valence-corrected chi connectivity index (χ4v) is 2.16. The summed E-state index contributed by atoms with van der Waals surface area (Å²) in [6.45, 7) is 0. The Morgan fingerprint density at radius 2 is 2.58 bits per heavy atom. The molecule has 0 radical (unpaired) electrons. The van der Waals surface area contributed by atoms with Crippen LogP contribution in [0.5, 0.6) is 0 Å². The van der Waals surface area contributed by atoms with Crippen LogP contribution in [0.3, 0.4) is 0 Å². The van der Waals surface area contributed by atoms with Crippen molar-refractivity contribution < 1.29 is 0 Å². The van der Waals surface area contributed by atoms with Gasteiger partial charge in [-0.15, -0.1) is 11.3 Å². The molecule has 12 heavy (non-hydrogen) atoms. The van der Waals surface area contributed by atoms with Crippen LogP contribution in [0.25, 0.3) is 0 Å². The third-order valence-corrected chi connectivity index (χ3v) is 2.97. The summed E-state index contributed by atoms with van der Waals surface area (Å²) in [6.07, 6.45) is 2.27. The maximum absolute atomic E-state index is 6.82. The molecule has 0 atom stereocenters. The van der Waals surface area contributed by atoms with E-state index in [2.05, 4.69) is 4.98 Å². The molecule has 0 aliphatic heterocycles. The third kappa shape index (κ3) is 3.23. The van der Waals surface area contributed by atoms with Gasteiger partial charge in [-0.2, -0.15) is 11.8 Å². The molecule has 3 N–H and O–H groups in total. The van der Waals surface area contributed by atoms with E-state index in [4.69, 9.17) is 11.1 Å². The molecule has 1 aromatic rings. The number of aromatic nitrogens is 1. The predicted octanol–water partition coefficient (Wildman–Crippen LogP) is 2.00. The van der Waals surface area contributed by atoms with Crippen molar-refractivity contribution in [3.05, 3.63) is 11.1 Å². The van der Waals surface area contributed by atoms with Crippen LogP contribution in [-0.2, 0) is 5.75 Å². The monoisotopic (exact) mass is 201 g/mol. The topological polar surface area (TPSA) is 62.8 Å². The summed E-state index contributed by atoms with van der Waals surface area (Å²) in [5.74, 6) is 1.89. The number of nitrogens with two attached hydrogens (primary N) is 1. The van der Waals surface area contributed by atoms with Crippen LogP contribution < -0.4 is 5.73 Å². The fraction of sp³-hybridized carbons (Fsp3) is 0.429. The molecule has 0 amide bonds. The van der Waals surface area contributed by atoms with E-state index in [0.717, 1.165) is 23.6 Å². The number of nitrogens with zero attached hydrogens (tertiary/aromatic N) is 1. The maximum Gasteiger partial charge on any atom is 0.180 e. The molecule has 0 aromatic carbocycles. The zero-order valence-electron chi connectivity index (χ0n) is 6.62. The molecule has 66 valence electrons. The van der Waals surface area contributed by atoms with Gasteiger partial charge in [0.05, 0.1) is 5.69 Å². The zero-order valence-corrected chi connectivity index (χ0v) is 8.25. The molecule has 1 rings (SSSR count). The highest BCUT2D eigenvalue weighted by atomic mass is 32.2. The van der Waals surface area contributed by atoms with Gasteiger partial charge in [-0.1, -0.05) is 0 Å². The van der Waals surface area contributed by atoms with E-state index in [0.29, 0.717) is 5.13 Å². The van der Waals surface area contributed by atoms with Gasteiger partial charge in [0.25, 0.3) is 0 Å². The fourth-order valence-electron chi connectivity index (χ4n) is 0.708. The molecular weight excluding hydrogens is 190 g/mol. The summed E-state index contributed by atoms with van der Waals surface area (Å²) < 4.78 is 0. The summed E-state index contributed by atoms with van der Waals surface area (Å²) in [6, 6.07) is 0. The maximum atomic E-state index is 6.82. The highest BCUT2D eigenvalue weighted by Gasteiger charge is 1.97. The average molecular weight is 201 g/mol. The van der Waals surface area contributed by atoms with Gasteiger partial charge in [-0.3, -0.25) is 0 Å². The second-order valence-electron chi connectivity index (χ2n) is 2.22. The molecule has 1 heterocycles. The molecule has 0 saturated carbocycles. The number of rotatable bonds is 5. The number of hydrogen-bond acceptors (Lipinski definition) is 5. The van der Waals surface area contributed by atoms with Crippen LogP contribution in [0.15, 0.2) is 5.38 Å². The van der Waals surface area contributed by atoms with Crippen LogP contribution >= 0.6 is 23.1 Å². The van der Waals surface area contributed by atoms with E-state index in [1.54, 1.807) is 11.8 Å². The molecule has 0 fully saturated rings. The van der Waals surface area contributed by atoms with E-state index < -0.39 is 0 Å². The van der Waals surface area contributed by atoms with Crippen molar-refractivity contribution in [3.63, 3.8) is 0 Å². The molecule has 0 bridgehead atoms. The summed E-state index contributed by atoms with van der Waals surface area (Å²) in [7, 11) is 0. The number of thiazole rings is 1. The molecule has 1 aromatic heterocycles. The van der Waals surface area contributed by atoms with Crippen molar-refractivity contribution in [2.45, 2.75) is 12.2 Å². The number of nitrogens with one attached hydrogen (secondary N) is 1. The first-order valence-electron chi connectivity index (χ1n) is 3.59. The molecule has 0 saturated heterocycles. The van der Waals surface area contributed by atoms with Gasteiger partial charge in [0.2, 0.25) is 0 Å². The number of thioether (sulfide) groups is 1. The first-order chi connectivity index (χ1) is 5.83. The highest BCUT2D eigenvalue weighted by Crippen LogP contribution is 2.16. The summed E-state index contributed by atoms with van der Waals surface area (Å²) in [5, 5.41) is 9.43. The normalized spacial score (nSPS) is 10.0. The van der Waals surface area contributed by atoms with Crippen molar-refractivity contribution in [2.24, 2.45) is 0 Å². The van der Waals surface area contributed by atoms with Crippen molar-refractivity contribution >= 4 is 34.4 Å². The number of hydrogen-bond donors (Lipinski definition) is 2. The van der Waals surface area contributed by atoms with Gasteiger partial charge in [-0.25, -0.2) is 4.98 Å². The lowest BCUT2D eigenvalue weighted by Crippen LogP contribution is -1.86. The van der Waals surface area contributed by atoms with Crippen molar-refractivity contribution in [1.82, 2.24) is 4.98 Å². The Morgan fingerprint density at radius 3 is 3.17 bits per heavy atom. The van der Waals surface area contributed by atoms with Crippen LogP contribution in [0, 0.1) is 5.41 Å². The minimum Gasteiger partial charge on any atom is -0.375 e. The summed E-state index contributed by atoms with van der Waals surface area (Å²) in [5.41, 5.74) is 6.52. The Labute approximate surface area is 79.9 Å². The van der Waals surface area contributed by atoms with Crippen LogP contribution in [0.1, 0.15) is 12.1 Å². The van der Waals surface area contributed by atoms with Gasteiger partial charge in [0.15, 0.2) is 5.13 Å². The summed E-state index contributed by atoms with van der Waals surface area (Å²) >= 11 is 3.26. The lowest BCUT2D eigenvalue weighted by atomic mass is 10.5. The van der Waals surface area contributed by atoms with Crippen molar-refractivity contribution in [3.8, 4) is 0 Å². The molecule has 0 unspecified atom stereocenters. The molecule has 0 aliphatic carbocycles. The van der Waals surface area contributed by atoms with Crippen LogP contribution in [0.4, 0.5) is 5.13 Å². The van der Waals surface area contributed by atoms with Crippen molar-refractivity contribution in [2.75, 3.05) is 11.5 Å². The van der Waals surface area contributed by atoms with E-state index in [1.165, 1.54) is 17.6 Å². The van der Waals surface area contributed by atoms with Gasteiger partial charge < -0.3 is 11.1 Å². The van der Waals surface area contributed by atoms with E-state index in [9.17, 15) is 0 Å². The van der Waals surface area contributed by atoms with E-state index >= 15 is 0 Å². The number of anilines is 1. The minimum absolute atomic E-state index is 0.637. The zero-order chi connectivity index (χ0) is 8.81. The molecular formula is C7H11N3S2. The smallest absolute Gasteiger partial charge is 0.180 e. The Hall–Kier alpha value is -0.550. The highest BCUT2D eigenvalue weighted by molar-refractivity contribution is 7.98. The lowest BCUT2D eigenvalue weighted by molar-refractivity contribution is 1.23. The molecule has 3 nitrogen and oxygen atoms in total. The van der Waals surface area contributed by atoms with Crippen molar-refractivity contribution in [1.29, 1.82) is 5.41 Å². The predicted molar refractivity (Wildman–Crippen MR) is 56.1 cm³/mol. The van der Waals surface area contributed by atoms with E-state index in [1.807, 2.05) is 5.38 Å². The quantitative estimate of drug-likeness (QED) is 0.565. The molecule has 5 heteroatoms. The third-order valence-electron chi connectivity index (χ3n) is 1.23. The second kappa shape index (κ2) is 5.16. The largest absolute Gasteiger partial charge is 0.375 e. The molecule has 0 aliphatic rings. The Bertz CT molecular complexity index is 247. The Balaban J connectivity index is 2.19. The summed E-state index contributed by atoms with van der Waals surface area (Å²) in [4.78, 5) is 4.13. The van der Waals surface area contributed by atoms with Gasteiger partial charge in [-0.05, 0) is 18.4 Å². The first kappa shape index (κ1) is 9.54. The molecule has 0 spiro atoms. The minimum atomic E-state index is 0.637.